The molecule has 2 amide bonds. The van der Waals surface area contributed by atoms with E-state index in [0.29, 0.717) is 52.6 Å². The molecule has 4 heterocycles. The first-order chi connectivity index (χ1) is 18.4. The zero-order valence-corrected chi connectivity index (χ0v) is 24.4. The molecule has 0 radical (unpaired) electrons. The molecule has 1 aromatic carbocycles. The van der Waals surface area contributed by atoms with Crippen LogP contribution in [0.3, 0.4) is 0 Å². The van der Waals surface area contributed by atoms with Gasteiger partial charge in [0.2, 0.25) is 0 Å². The van der Waals surface area contributed by atoms with Crippen molar-refractivity contribution in [3.8, 4) is 0 Å². The predicted molar refractivity (Wildman–Crippen MR) is 148 cm³/mol. The standard InChI is InChI=1S/C18H26N2O3.C11H20N2O3/c1-18(2,3)23-17(21)19-10-15-12-22-13-16(11-19)20(15)9-14-7-5-4-6-8-14;1-11(2,3)16-10(14)13-4-8-6-15-7-9(5-13)12-8/h4-8,15-16H,9-13H2,1-3H3;8-9,12H,4-7H2,1-3H3. The number of morpholine rings is 2. The van der Waals surface area contributed by atoms with Crippen molar-refractivity contribution in [3.63, 3.8) is 0 Å². The molecule has 0 spiro atoms. The molecule has 1 aromatic rings. The Morgan fingerprint density at radius 1 is 0.769 bits per heavy atom. The van der Waals surface area contributed by atoms with Crippen LogP contribution in [0.4, 0.5) is 9.59 Å². The topological polar surface area (TPSA) is 92.8 Å². The predicted octanol–water partition coefficient (Wildman–Crippen LogP) is 3.10. The van der Waals surface area contributed by atoms with E-state index in [1.807, 2.05) is 52.5 Å². The van der Waals surface area contributed by atoms with Crippen molar-refractivity contribution in [2.24, 2.45) is 0 Å². The largest absolute Gasteiger partial charge is 0.444 e. The first kappa shape index (κ1) is 29.6. The van der Waals surface area contributed by atoms with Crippen molar-refractivity contribution >= 4 is 12.2 Å². The van der Waals surface area contributed by atoms with Crippen molar-refractivity contribution in [2.75, 3.05) is 52.6 Å². The molecular weight excluding hydrogens is 500 g/mol. The number of carbonyl (C=O) groups excluding carboxylic acids is 2. The number of hydrogen-bond acceptors (Lipinski definition) is 8. The smallest absolute Gasteiger partial charge is 0.410 e. The molecular formula is C29H46N4O6. The molecule has 10 heteroatoms. The van der Waals surface area contributed by atoms with E-state index in [9.17, 15) is 9.59 Å². The van der Waals surface area contributed by atoms with E-state index in [2.05, 4.69) is 34.5 Å². The number of rotatable bonds is 2. The Hall–Kier alpha value is -2.40. The van der Waals surface area contributed by atoms with Gasteiger partial charge in [0.15, 0.2) is 0 Å². The second kappa shape index (κ2) is 12.4. The highest BCUT2D eigenvalue weighted by atomic mass is 16.6. The number of nitrogens with zero attached hydrogens (tertiary/aromatic N) is 3. The highest BCUT2D eigenvalue weighted by molar-refractivity contribution is 5.69. The Morgan fingerprint density at radius 3 is 1.72 bits per heavy atom. The minimum absolute atomic E-state index is 0.214. The molecule has 4 atom stereocenters. The summed E-state index contributed by atoms with van der Waals surface area (Å²) in [6.45, 7) is 17.6. The fourth-order valence-electron chi connectivity index (χ4n) is 5.33. The second-order valence-electron chi connectivity index (χ2n) is 12.9. The van der Waals surface area contributed by atoms with Gasteiger partial charge < -0.3 is 34.1 Å². The van der Waals surface area contributed by atoms with Crippen LogP contribution in [0, 0.1) is 0 Å². The average Bonchev–Trinajstić information content (AvgIpc) is 2.82. The van der Waals surface area contributed by atoms with Gasteiger partial charge in [-0.1, -0.05) is 30.3 Å². The third-order valence-electron chi connectivity index (χ3n) is 6.92. The van der Waals surface area contributed by atoms with Gasteiger partial charge in [0.05, 0.1) is 38.5 Å². The van der Waals surface area contributed by atoms with E-state index in [1.165, 1.54) is 5.56 Å². The number of nitrogens with one attached hydrogen (secondary N) is 1. The van der Waals surface area contributed by atoms with Crippen molar-refractivity contribution in [1.29, 1.82) is 0 Å². The van der Waals surface area contributed by atoms with Crippen LogP contribution in [0.15, 0.2) is 30.3 Å². The van der Waals surface area contributed by atoms with E-state index in [0.717, 1.165) is 6.54 Å². The fraction of sp³-hybridized carbons (Fsp3) is 0.724. The van der Waals surface area contributed by atoms with E-state index >= 15 is 0 Å². The van der Waals surface area contributed by atoms with Crippen molar-refractivity contribution in [3.05, 3.63) is 35.9 Å². The van der Waals surface area contributed by atoms with Gasteiger partial charge >= 0.3 is 12.2 Å². The lowest BCUT2D eigenvalue weighted by Crippen LogP contribution is -2.65. The van der Waals surface area contributed by atoms with Gasteiger partial charge in [-0.2, -0.15) is 0 Å². The minimum atomic E-state index is -0.454. The Morgan fingerprint density at radius 2 is 1.23 bits per heavy atom. The molecule has 4 saturated heterocycles. The monoisotopic (exact) mass is 546 g/mol. The maximum Gasteiger partial charge on any atom is 0.410 e. The fourth-order valence-corrected chi connectivity index (χ4v) is 5.33. The Balaban J connectivity index is 0.000000193. The Bertz CT molecular complexity index is 937. The summed E-state index contributed by atoms with van der Waals surface area (Å²) >= 11 is 0. The molecule has 4 fully saturated rings. The van der Waals surface area contributed by atoms with Gasteiger partial charge in [-0.15, -0.1) is 0 Å². The molecule has 0 saturated carbocycles. The van der Waals surface area contributed by atoms with Gasteiger partial charge in [-0.3, -0.25) is 4.90 Å². The van der Waals surface area contributed by atoms with Crippen LogP contribution >= 0.6 is 0 Å². The maximum absolute atomic E-state index is 12.4. The van der Waals surface area contributed by atoms with Gasteiger partial charge in [0.1, 0.15) is 11.2 Å². The number of piperazine rings is 2. The Kier molecular flexibility index (Phi) is 9.41. The SMILES string of the molecule is CC(C)(C)OC(=O)N1CC2COCC(C1)N2.CC(C)(C)OC(=O)N1CC2COCC(C1)N2Cc1ccccc1. The third kappa shape index (κ3) is 8.79. The summed E-state index contributed by atoms with van der Waals surface area (Å²) in [4.78, 5) is 30.3. The normalized spacial score (nSPS) is 27.2. The van der Waals surface area contributed by atoms with Crippen LogP contribution < -0.4 is 5.32 Å². The lowest BCUT2D eigenvalue weighted by Gasteiger charge is -2.49. The van der Waals surface area contributed by atoms with Crippen LogP contribution in [0.5, 0.6) is 0 Å². The molecule has 4 aliphatic heterocycles. The summed E-state index contributed by atoms with van der Waals surface area (Å²) in [6, 6.07) is 11.4. The first-order valence-corrected chi connectivity index (χ1v) is 14.0. The molecule has 39 heavy (non-hydrogen) atoms. The molecule has 0 aliphatic carbocycles. The highest BCUT2D eigenvalue weighted by Crippen LogP contribution is 2.25. The van der Waals surface area contributed by atoms with Crippen LogP contribution in [-0.4, -0.2) is 115 Å². The quantitative estimate of drug-likeness (QED) is 0.605. The second-order valence-corrected chi connectivity index (χ2v) is 12.9. The highest BCUT2D eigenvalue weighted by Gasteiger charge is 2.40. The van der Waals surface area contributed by atoms with Crippen molar-refractivity contribution in [1.82, 2.24) is 20.0 Å². The van der Waals surface area contributed by atoms with E-state index < -0.39 is 11.2 Å². The third-order valence-corrected chi connectivity index (χ3v) is 6.92. The lowest BCUT2D eigenvalue weighted by atomic mass is 10.0. The summed E-state index contributed by atoms with van der Waals surface area (Å²) in [6.07, 6.45) is -0.431. The summed E-state index contributed by atoms with van der Waals surface area (Å²) < 4.78 is 22.0. The summed E-state index contributed by atoms with van der Waals surface area (Å²) in [5, 5.41) is 3.43. The van der Waals surface area contributed by atoms with Crippen LogP contribution in [0.2, 0.25) is 0 Å². The minimum Gasteiger partial charge on any atom is -0.444 e. The van der Waals surface area contributed by atoms with Crippen LogP contribution in [0.25, 0.3) is 0 Å². The summed E-state index contributed by atoms with van der Waals surface area (Å²) in [7, 11) is 0. The molecule has 5 rings (SSSR count). The first-order valence-electron chi connectivity index (χ1n) is 14.0. The van der Waals surface area contributed by atoms with E-state index in [-0.39, 0.29) is 36.4 Å². The van der Waals surface area contributed by atoms with Crippen LogP contribution in [-0.2, 0) is 25.5 Å². The lowest BCUT2D eigenvalue weighted by molar-refractivity contribution is -0.101. The number of hydrogen-bond donors (Lipinski definition) is 1. The molecule has 4 aliphatic rings. The van der Waals surface area contributed by atoms with Gasteiger partial charge in [0.25, 0.3) is 0 Å². The van der Waals surface area contributed by atoms with Gasteiger partial charge in [-0.05, 0) is 47.1 Å². The van der Waals surface area contributed by atoms with Gasteiger partial charge in [0, 0.05) is 44.8 Å². The van der Waals surface area contributed by atoms with Gasteiger partial charge in [-0.25, -0.2) is 9.59 Å². The zero-order valence-electron chi connectivity index (χ0n) is 24.4. The van der Waals surface area contributed by atoms with Crippen LogP contribution in [0.1, 0.15) is 47.1 Å². The van der Waals surface area contributed by atoms with E-state index in [1.54, 1.807) is 4.90 Å². The maximum atomic E-state index is 12.4. The number of fused-ring (bicyclic) bond motifs is 4. The molecule has 4 unspecified atom stereocenters. The summed E-state index contributed by atoms with van der Waals surface area (Å²) in [5.74, 6) is 0. The molecule has 1 N–H and O–H groups in total. The molecule has 0 aromatic heterocycles. The molecule has 218 valence electrons. The van der Waals surface area contributed by atoms with Crippen molar-refractivity contribution < 1.29 is 28.5 Å². The Labute approximate surface area is 232 Å². The number of ether oxygens (including phenoxy) is 4. The summed E-state index contributed by atoms with van der Waals surface area (Å²) in [5.41, 5.74) is 0.423. The number of carbonyl (C=O) groups is 2. The average molecular weight is 547 g/mol. The zero-order chi connectivity index (χ0) is 28.2. The molecule has 4 bridgehead atoms. The molecule has 10 nitrogen and oxygen atoms in total. The van der Waals surface area contributed by atoms with E-state index in [4.69, 9.17) is 18.9 Å². The number of benzene rings is 1. The van der Waals surface area contributed by atoms with Crippen molar-refractivity contribution in [2.45, 2.75) is 83.5 Å². The number of amides is 2.